The van der Waals surface area contributed by atoms with E-state index in [0.717, 1.165) is 5.75 Å². The van der Waals surface area contributed by atoms with Gasteiger partial charge in [0, 0.05) is 0 Å². The van der Waals surface area contributed by atoms with Crippen LogP contribution in [0.2, 0.25) is 0 Å². The Balaban J connectivity index is 0.000000314. The van der Waals surface area contributed by atoms with E-state index in [1.165, 1.54) is 17.6 Å². The van der Waals surface area contributed by atoms with Crippen molar-refractivity contribution in [3.05, 3.63) is 75.9 Å². The van der Waals surface area contributed by atoms with Gasteiger partial charge in [-0.2, -0.15) is 0 Å². The van der Waals surface area contributed by atoms with Gasteiger partial charge in [-0.15, -0.1) is 0 Å². The fraction of sp³-hybridized carbons (Fsp3) is 0.375. The van der Waals surface area contributed by atoms with Crippen LogP contribution in [0.3, 0.4) is 0 Å². The quantitative estimate of drug-likeness (QED) is 0.305. The zero-order valence-corrected chi connectivity index (χ0v) is 19.0. The molecule has 2 rings (SSSR count). The van der Waals surface area contributed by atoms with Gasteiger partial charge in [-0.3, -0.25) is 0 Å². The molecule has 1 nitrogen and oxygen atoms in total. The molecule has 139 valence electrons. The van der Waals surface area contributed by atoms with Crippen LogP contribution in [0, 0.1) is 5.41 Å². The third-order valence-corrected chi connectivity index (χ3v) is 5.42. The zero-order chi connectivity index (χ0) is 19.6. The van der Waals surface area contributed by atoms with Crippen molar-refractivity contribution in [2.45, 2.75) is 54.9 Å². The molecule has 0 aromatic heterocycles. The van der Waals surface area contributed by atoms with E-state index in [4.69, 9.17) is 4.74 Å². The van der Waals surface area contributed by atoms with Crippen molar-refractivity contribution in [2.24, 2.45) is 5.41 Å². The van der Waals surface area contributed by atoms with Crippen LogP contribution >= 0.6 is 0 Å². The summed E-state index contributed by atoms with van der Waals surface area (Å²) in [6, 6.07) is 9.84. The molecule has 0 spiro atoms. The molecule has 0 heterocycles. The van der Waals surface area contributed by atoms with Gasteiger partial charge in [0.25, 0.3) is 0 Å². The van der Waals surface area contributed by atoms with E-state index in [-0.39, 0.29) is 24.1 Å². The van der Waals surface area contributed by atoms with Crippen molar-refractivity contribution < 1.29 is 23.4 Å². The molecule has 0 N–H and O–H groups in total. The molecule has 0 radical (unpaired) electrons. The standard InChI is InChI=1S/C16H22O.C5H5.C3H6.Ti/c1-13(2)11-14(16(3,4)5)12-17-15-9-7-6-8-10-15;1-2-4-5-3-1;1-3-2;/h6-12H,1-5H3;1-3H,4H2;1-2H3;. The van der Waals surface area contributed by atoms with Crippen molar-refractivity contribution in [2.75, 3.05) is 0 Å². The minimum absolute atomic E-state index is 0.0893. The van der Waals surface area contributed by atoms with Gasteiger partial charge in [0.15, 0.2) is 0 Å². The van der Waals surface area contributed by atoms with Crippen LogP contribution in [-0.4, -0.2) is 3.81 Å². The number of hydrogen-bond acceptors (Lipinski definition) is 1. The van der Waals surface area contributed by atoms with Gasteiger partial charge in [0.1, 0.15) is 5.75 Å². The van der Waals surface area contributed by atoms with Crippen molar-refractivity contribution in [1.82, 2.24) is 0 Å². The molecule has 0 fully saturated rings. The van der Waals surface area contributed by atoms with Crippen molar-refractivity contribution >= 4 is 3.81 Å². The fourth-order valence-electron chi connectivity index (χ4n) is 2.23. The van der Waals surface area contributed by atoms with Gasteiger partial charge in [-0.25, -0.2) is 0 Å². The second kappa shape index (κ2) is 11.3. The van der Waals surface area contributed by atoms with Crippen molar-refractivity contribution in [1.29, 1.82) is 0 Å². The van der Waals surface area contributed by atoms with Crippen molar-refractivity contribution in [3.63, 3.8) is 0 Å². The van der Waals surface area contributed by atoms with Crippen LogP contribution in [0.4, 0.5) is 0 Å². The minimum atomic E-state index is 0.0893. The van der Waals surface area contributed by atoms with E-state index in [9.17, 15) is 0 Å². The Bertz CT molecular complexity index is 702. The summed E-state index contributed by atoms with van der Waals surface area (Å²) in [7, 11) is 0. The van der Waals surface area contributed by atoms with Gasteiger partial charge in [0.05, 0.1) is 6.26 Å². The number of rotatable bonds is 4. The summed E-state index contributed by atoms with van der Waals surface area (Å²) in [4.78, 5) is 0. The molecule has 26 heavy (non-hydrogen) atoms. The topological polar surface area (TPSA) is 9.23 Å². The Morgan fingerprint density at radius 3 is 2.15 bits per heavy atom. The van der Waals surface area contributed by atoms with Crippen LogP contribution in [-0.2, 0) is 18.7 Å². The van der Waals surface area contributed by atoms with Crippen LogP contribution in [0.1, 0.15) is 54.9 Å². The maximum absolute atomic E-state index is 5.69. The van der Waals surface area contributed by atoms with Gasteiger partial charge >= 0.3 is 64.9 Å². The molecule has 0 amide bonds. The Kier molecular flexibility index (Phi) is 9.84. The third kappa shape index (κ3) is 9.89. The Morgan fingerprint density at radius 2 is 1.69 bits per heavy atom. The molecular weight excluding hydrogens is 352 g/mol. The van der Waals surface area contributed by atoms with E-state index in [1.807, 2.05) is 36.6 Å². The normalized spacial score (nSPS) is 13.2. The van der Waals surface area contributed by atoms with Gasteiger partial charge < -0.3 is 4.74 Å². The summed E-state index contributed by atoms with van der Waals surface area (Å²) in [5, 5.41) is 0. The maximum atomic E-state index is 5.69. The molecule has 1 aromatic carbocycles. The molecular formula is C24H33OTi. The average Bonchev–Trinajstić information content (AvgIpc) is 3.04. The zero-order valence-electron chi connectivity index (χ0n) is 17.4. The van der Waals surface area contributed by atoms with Gasteiger partial charge in [0.2, 0.25) is 0 Å². The van der Waals surface area contributed by atoms with E-state index >= 15 is 0 Å². The molecule has 0 saturated carbocycles. The predicted molar refractivity (Wildman–Crippen MR) is 112 cm³/mol. The number of benzene rings is 1. The van der Waals surface area contributed by atoms with Gasteiger partial charge in [-0.1, -0.05) is 50.6 Å². The first-order valence-electron chi connectivity index (χ1n) is 9.18. The number of ether oxygens (including phenoxy) is 1. The summed E-state index contributed by atoms with van der Waals surface area (Å²) >= 11 is 0.153. The summed E-state index contributed by atoms with van der Waals surface area (Å²) in [6.07, 6.45) is 11.9. The second-order valence-electron chi connectivity index (χ2n) is 7.92. The Labute approximate surface area is 169 Å². The molecule has 0 bridgehead atoms. The Morgan fingerprint density at radius 1 is 1.04 bits per heavy atom. The van der Waals surface area contributed by atoms with E-state index < -0.39 is 0 Å². The van der Waals surface area contributed by atoms with E-state index in [1.54, 1.807) is 7.69 Å². The molecule has 0 atom stereocenters. The van der Waals surface area contributed by atoms with E-state index in [2.05, 4.69) is 72.8 Å². The first-order valence-corrected chi connectivity index (χ1v) is 10.7. The summed E-state index contributed by atoms with van der Waals surface area (Å²) < 4.78 is 8.99. The Hall–Kier alpha value is -1.44. The number of allylic oxidation sites excluding steroid dienone is 7. The second-order valence-corrected chi connectivity index (χ2v) is 10.9. The van der Waals surface area contributed by atoms with Crippen LogP contribution < -0.4 is 4.74 Å². The predicted octanol–water partition coefficient (Wildman–Crippen LogP) is 7.09. The van der Waals surface area contributed by atoms with Gasteiger partial charge in [-0.05, 0) is 37.0 Å². The molecule has 0 saturated heterocycles. The molecule has 1 aliphatic carbocycles. The fourth-order valence-corrected chi connectivity index (χ4v) is 3.86. The van der Waals surface area contributed by atoms with Crippen LogP contribution in [0.25, 0.3) is 0 Å². The summed E-state index contributed by atoms with van der Waals surface area (Å²) in [5.41, 5.74) is 2.57. The molecule has 1 aromatic rings. The SMILES string of the molecule is CC(C)=CC(=COc1ccccc1)C(C)(C)C.C[C](C)=[Ti][C]1=CC=CC1. The molecule has 0 aliphatic heterocycles. The average molecular weight is 385 g/mol. The van der Waals surface area contributed by atoms with Crippen LogP contribution in [0.15, 0.2) is 75.9 Å². The van der Waals surface area contributed by atoms with Crippen LogP contribution in [0.5, 0.6) is 5.75 Å². The summed E-state index contributed by atoms with van der Waals surface area (Å²) in [5.74, 6) is 0.872. The molecule has 1 aliphatic rings. The molecule has 0 unspecified atom stereocenters. The first-order chi connectivity index (χ1) is 12.2. The monoisotopic (exact) mass is 385 g/mol. The third-order valence-electron chi connectivity index (χ3n) is 3.56. The molecule has 2 heteroatoms. The first kappa shape index (κ1) is 22.6. The number of para-hydroxylation sites is 1. The van der Waals surface area contributed by atoms with Crippen molar-refractivity contribution in [3.8, 4) is 5.75 Å². The summed E-state index contributed by atoms with van der Waals surface area (Å²) in [6.45, 7) is 15.2. The number of hydrogen-bond donors (Lipinski definition) is 0. The van der Waals surface area contributed by atoms with E-state index in [0.29, 0.717) is 0 Å².